The molecule has 0 N–H and O–H groups in total. The van der Waals surface area contributed by atoms with Gasteiger partial charge in [-0.3, -0.25) is 0 Å². The van der Waals surface area contributed by atoms with E-state index in [-0.39, 0.29) is 0 Å². The third-order valence-corrected chi connectivity index (χ3v) is 9.22. The lowest BCUT2D eigenvalue weighted by Gasteiger charge is -2.18. The summed E-state index contributed by atoms with van der Waals surface area (Å²) in [5.74, 6) is 0. The van der Waals surface area contributed by atoms with Gasteiger partial charge in [-0.2, -0.15) is 0 Å². The Morgan fingerprint density at radius 2 is 1.12 bits per heavy atom. The zero-order valence-corrected chi connectivity index (χ0v) is 23.9. The maximum Gasteiger partial charge on any atom is 0.143 e. The van der Waals surface area contributed by atoms with Crippen LogP contribution in [0.3, 0.4) is 0 Å². The van der Waals surface area contributed by atoms with Crippen molar-refractivity contribution in [2.24, 2.45) is 0 Å². The lowest BCUT2D eigenvalue weighted by molar-refractivity contribution is 0.672. The first-order chi connectivity index (χ1) is 21.2. The van der Waals surface area contributed by atoms with Crippen LogP contribution in [0, 0.1) is 6.92 Å². The molecular formula is C42H28O. The summed E-state index contributed by atoms with van der Waals surface area (Å²) in [6.45, 7) is 2.21. The highest BCUT2D eigenvalue weighted by Gasteiger charge is 2.19. The monoisotopic (exact) mass is 548 g/mol. The minimum absolute atomic E-state index is 0.817. The first-order valence-electron chi connectivity index (χ1n) is 15.0. The molecule has 0 radical (unpaired) electrons. The lowest BCUT2D eigenvalue weighted by Crippen LogP contribution is -1.96. The van der Waals surface area contributed by atoms with Crippen LogP contribution in [0.4, 0.5) is 0 Å². The maximum atomic E-state index is 6.61. The largest absolute Gasteiger partial charge is 0.455 e. The van der Waals surface area contributed by atoms with E-state index in [0.717, 1.165) is 17.6 Å². The zero-order chi connectivity index (χ0) is 28.5. The Bertz CT molecular complexity index is 2490. The molecule has 1 aromatic heterocycles. The molecule has 0 amide bonds. The van der Waals surface area contributed by atoms with Crippen molar-refractivity contribution in [2.75, 3.05) is 0 Å². The number of fused-ring (bicyclic) bond motifs is 8. The Balaban J connectivity index is 1.33. The summed E-state index contributed by atoms with van der Waals surface area (Å²) in [5, 5.41) is 12.6. The molecule has 0 spiro atoms. The van der Waals surface area contributed by atoms with Gasteiger partial charge in [0.25, 0.3) is 0 Å². The Morgan fingerprint density at radius 3 is 1.86 bits per heavy atom. The van der Waals surface area contributed by atoms with Crippen molar-refractivity contribution >= 4 is 65.0 Å². The molecular weight excluding hydrogens is 520 g/mol. The highest BCUT2D eigenvalue weighted by atomic mass is 16.3. The third kappa shape index (κ3) is 3.65. The molecule has 0 unspecified atom stereocenters. The van der Waals surface area contributed by atoms with E-state index in [4.69, 9.17) is 4.42 Å². The van der Waals surface area contributed by atoms with E-state index < -0.39 is 0 Å². The van der Waals surface area contributed by atoms with Gasteiger partial charge in [0, 0.05) is 16.2 Å². The summed E-state index contributed by atoms with van der Waals surface area (Å²) in [5.41, 5.74) is 8.39. The second-order valence-electron chi connectivity index (χ2n) is 11.7. The van der Waals surface area contributed by atoms with Crippen LogP contribution >= 0.6 is 0 Å². The summed E-state index contributed by atoms with van der Waals surface area (Å²) in [7, 11) is 0. The Labute approximate surface area is 249 Å². The first kappa shape index (κ1) is 24.2. The van der Waals surface area contributed by atoms with Crippen LogP contribution in [0.15, 0.2) is 144 Å². The van der Waals surface area contributed by atoms with Crippen LogP contribution in [0.2, 0.25) is 0 Å². The van der Waals surface area contributed by atoms with E-state index in [1.54, 1.807) is 0 Å². The number of furan rings is 1. The minimum atomic E-state index is 0.817. The summed E-state index contributed by atoms with van der Waals surface area (Å²) in [6, 6.07) is 50.7. The van der Waals surface area contributed by atoms with Crippen LogP contribution in [-0.2, 0) is 6.42 Å². The van der Waals surface area contributed by atoms with Gasteiger partial charge in [0.1, 0.15) is 11.2 Å². The van der Waals surface area contributed by atoms with Crippen molar-refractivity contribution in [1.82, 2.24) is 0 Å². The molecule has 202 valence electrons. The van der Waals surface area contributed by atoms with Gasteiger partial charge in [0.15, 0.2) is 0 Å². The molecule has 1 heterocycles. The van der Waals surface area contributed by atoms with Crippen LogP contribution in [0.25, 0.3) is 76.2 Å². The number of hydrogen-bond acceptors (Lipinski definition) is 1. The van der Waals surface area contributed by atoms with E-state index in [1.807, 2.05) is 0 Å². The molecule has 0 bridgehead atoms. The van der Waals surface area contributed by atoms with Crippen LogP contribution in [-0.4, -0.2) is 0 Å². The van der Waals surface area contributed by atoms with Crippen molar-refractivity contribution in [2.45, 2.75) is 13.3 Å². The van der Waals surface area contributed by atoms with E-state index in [0.29, 0.717) is 0 Å². The van der Waals surface area contributed by atoms with E-state index in [2.05, 4.69) is 146 Å². The number of hydrogen-bond donors (Lipinski definition) is 0. The molecule has 0 aliphatic carbocycles. The second kappa shape index (κ2) is 9.31. The van der Waals surface area contributed by atoms with Gasteiger partial charge in [-0.05, 0) is 91.0 Å². The van der Waals surface area contributed by atoms with Gasteiger partial charge in [-0.15, -0.1) is 0 Å². The molecule has 1 heteroatoms. The van der Waals surface area contributed by atoms with Crippen molar-refractivity contribution in [3.8, 4) is 11.1 Å². The zero-order valence-electron chi connectivity index (χ0n) is 23.9. The Hall–Kier alpha value is -5.40. The SMILES string of the molecule is Cc1cc2ccccc2c2oc3cccc(Cc4c5ccccc5c(-c5ccc6ccccc6c5)c5ccccc45)c3c12. The summed E-state index contributed by atoms with van der Waals surface area (Å²) in [4.78, 5) is 0. The molecule has 9 rings (SSSR count). The number of benzene rings is 8. The Kier molecular flexibility index (Phi) is 5.24. The van der Waals surface area contributed by atoms with E-state index >= 15 is 0 Å². The predicted molar refractivity (Wildman–Crippen MR) is 183 cm³/mol. The molecule has 0 saturated heterocycles. The number of aryl methyl sites for hydroxylation is 1. The predicted octanol–water partition coefficient (Wildman–Crippen LogP) is 11.8. The third-order valence-electron chi connectivity index (χ3n) is 9.22. The molecule has 8 aromatic carbocycles. The van der Waals surface area contributed by atoms with Gasteiger partial charge in [-0.1, -0.05) is 127 Å². The molecule has 0 aliphatic heterocycles. The molecule has 0 saturated carbocycles. The van der Waals surface area contributed by atoms with Crippen molar-refractivity contribution in [3.05, 3.63) is 156 Å². The van der Waals surface area contributed by atoms with E-state index in [9.17, 15) is 0 Å². The quantitative estimate of drug-likeness (QED) is 0.200. The standard InChI is InChI=1S/C42H28O/c1-26-23-29-13-4-5-15-32(29)42-39(26)41-30(14-10-20-38(41)43-42)25-37-33-16-6-8-18-35(33)40(36-19-9-7-17-34(36)37)31-22-21-27-11-2-3-12-28(27)24-31/h2-24H,25H2,1H3. The Morgan fingerprint density at radius 1 is 0.488 bits per heavy atom. The van der Waals surface area contributed by atoms with Crippen LogP contribution < -0.4 is 0 Å². The van der Waals surface area contributed by atoms with Gasteiger partial charge >= 0.3 is 0 Å². The average molecular weight is 549 g/mol. The summed E-state index contributed by atoms with van der Waals surface area (Å²) in [6.07, 6.45) is 0.817. The van der Waals surface area contributed by atoms with Crippen LogP contribution in [0.5, 0.6) is 0 Å². The van der Waals surface area contributed by atoms with Gasteiger partial charge in [-0.25, -0.2) is 0 Å². The molecule has 43 heavy (non-hydrogen) atoms. The molecule has 9 aromatic rings. The maximum absolute atomic E-state index is 6.61. The van der Waals surface area contributed by atoms with Gasteiger partial charge < -0.3 is 4.42 Å². The fraction of sp³-hybridized carbons (Fsp3) is 0.0476. The first-order valence-corrected chi connectivity index (χ1v) is 15.0. The second-order valence-corrected chi connectivity index (χ2v) is 11.7. The van der Waals surface area contributed by atoms with Gasteiger partial charge in [0.2, 0.25) is 0 Å². The average Bonchev–Trinajstić information content (AvgIpc) is 3.46. The fourth-order valence-electron chi connectivity index (χ4n) is 7.32. The van der Waals surface area contributed by atoms with Crippen molar-refractivity contribution in [3.63, 3.8) is 0 Å². The topological polar surface area (TPSA) is 13.1 Å². The highest BCUT2D eigenvalue weighted by molar-refractivity contribution is 6.19. The molecule has 0 fully saturated rings. The lowest BCUT2D eigenvalue weighted by atomic mass is 9.85. The highest BCUT2D eigenvalue weighted by Crippen LogP contribution is 2.43. The number of rotatable bonds is 3. The molecule has 1 nitrogen and oxygen atoms in total. The van der Waals surface area contributed by atoms with E-state index in [1.165, 1.54) is 81.7 Å². The summed E-state index contributed by atoms with van der Waals surface area (Å²) < 4.78 is 6.61. The smallest absolute Gasteiger partial charge is 0.143 e. The van der Waals surface area contributed by atoms with Crippen LogP contribution in [0.1, 0.15) is 16.7 Å². The van der Waals surface area contributed by atoms with Crippen molar-refractivity contribution in [1.29, 1.82) is 0 Å². The van der Waals surface area contributed by atoms with Gasteiger partial charge in [0.05, 0.1) is 0 Å². The molecule has 0 atom stereocenters. The fourth-order valence-corrected chi connectivity index (χ4v) is 7.32. The van der Waals surface area contributed by atoms with Crippen molar-refractivity contribution < 1.29 is 4.42 Å². The molecule has 0 aliphatic rings. The normalized spacial score (nSPS) is 11.9. The summed E-state index contributed by atoms with van der Waals surface area (Å²) >= 11 is 0. The minimum Gasteiger partial charge on any atom is -0.455 e.